The molecule has 0 fully saturated rings. The number of benzene rings is 1. The molecule has 0 unspecified atom stereocenters. The highest BCUT2D eigenvalue weighted by molar-refractivity contribution is 6.05. The van der Waals surface area contributed by atoms with Gasteiger partial charge in [-0.05, 0) is 32.0 Å². The first-order chi connectivity index (χ1) is 8.90. The number of carbonyl (C=O) groups is 1. The van der Waals surface area contributed by atoms with Crippen molar-refractivity contribution in [3.05, 3.63) is 41.0 Å². The van der Waals surface area contributed by atoms with Crippen molar-refractivity contribution in [1.82, 2.24) is 9.78 Å². The number of hydrogen-bond donors (Lipinski definition) is 2. The lowest BCUT2D eigenvalue weighted by Crippen LogP contribution is -2.13. The molecule has 1 heterocycles. The molecule has 6 heteroatoms. The van der Waals surface area contributed by atoms with Crippen molar-refractivity contribution in [1.29, 1.82) is 0 Å². The minimum absolute atomic E-state index is 0.0488. The van der Waals surface area contributed by atoms with Gasteiger partial charge in [-0.15, -0.1) is 0 Å². The fraction of sp³-hybridized carbons (Fsp3) is 0.231. The van der Waals surface area contributed by atoms with E-state index in [4.69, 9.17) is 5.73 Å². The average molecular weight is 262 g/mol. The van der Waals surface area contributed by atoms with E-state index < -0.39 is 5.82 Å². The van der Waals surface area contributed by atoms with Crippen molar-refractivity contribution in [2.24, 2.45) is 7.05 Å². The fourth-order valence-electron chi connectivity index (χ4n) is 1.83. The second-order valence-electron chi connectivity index (χ2n) is 4.36. The molecule has 0 aliphatic rings. The molecule has 3 N–H and O–H groups in total. The smallest absolute Gasteiger partial charge is 0.255 e. The van der Waals surface area contributed by atoms with Crippen LogP contribution in [-0.2, 0) is 7.05 Å². The number of nitrogens with zero attached hydrogens (tertiary/aromatic N) is 2. The number of rotatable bonds is 2. The second kappa shape index (κ2) is 4.72. The van der Waals surface area contributed by atoms with E-state index in [9.17, 15) is 9.18 Å². The summed E-state index contributed by atoms with van der Waals surface area (Å²) in [5.74, 6) is -0.879. The van der Waals surface area contributed by atoms with Crippen LogP contribution in [0.1, 0.15) is 21.7 Å². The maximum absolute atomic E-state index is 13.1. The number of aromatic nitrogens is 2. The molecule has 5 nitrogen and oxygen atoms in total. The van der Waals surface area contributed by atoms with Gasteiger partial charge >= 0.3 is 0 Å². The molecule has 2 rings (SSSR count). The number of hydrogen-bond acceptors (Lipinski definition) is 3. The summed E-state index contributed by atoms with van der Waals surface area (Å²) in [4.78, 5) is 12.1. The third-order valence-corrected chi connectivity index (χ3v) is 3.01. The van der Waals surface area contributed by atoms with Gasteiger partial charge < -0.3 is 11.1 Å². The largest absolute Gasteiger partial charge is 0.396 e. The zero-order chi connectivity index (χ0) is 14.2. The molecule has 1 aromatic carbocycles. The van der Waals surface area contributed by atoms with Crippen LogP contribution in [0, 0.1) is 19.7 Å². The Bertz CT molecular complexity index is 648. The Morgan fingerprint density at radius 3 is 2.63 bits per heavy atom. The standard InChI is InChI=1S/C13H15FN4O/c1-7-12(8(2)18(3)17-7)16-13(19)9-4-5-10(14)11(15)6-9/h4-6H,15H2,1-3H3,(H,16,19). The van der Waals surface area contributed by atoms with Crippen LogP contribution in [0.15, 0.2) is 18.2 Å². The predicted molar refractivity (Wildman–Crippen MR) is 71.4 cm³/mol. The summed E-state index contributed by atoms with van der Waals surface area (Å²) in [5.41, 5.74) is 7.94. The second-order valence-corrected chi connectivity index (χ2v) is 4.36. The number of nitrogen functional groups attached to an aromatic ring is 1. The summed E-state index contributed by atoms with van der Waals surface area (Å²) in [6, 6.07) is 3.88. The van der Waals surface area contributed by atoms with Crippen molar-refractivity contribution in [2.75, 3.05) is 11.1 Å². The first-order valence-electron chi connectivity index (χ1n) is 5.76. The van der Waals surface area contributed by atoms with Gasteiger partial charge in [-0.25, -0.2) is 4.39 Å². The van der Waals surface area contributed by atoms with E-state index in [2.05, 4.69) is 10.4 Å². The van der Waals surface area contributed by atoms with Gasteiger partial charge in [0.05, 0.1) is 22.8 Å². The van der Waals surface area contributed by atoms with E-state index in [1.807, 2.05) is 13.8 Å². The number of amides is 1. The summed E-state index contributed by atoms with van der Waals surface area (Å²) >= 11 is 0. The van der Waals surface area contributed by atoms with Crippen molar-refractivity contribution < 1.29 is 9.18 Å². The van der Waals surface area contributed by atoms with Crippen LogP contribution in [0.5, 0.6) is 0 Å². The molecule has 0 saturated carbocycles. The molecule has 0 radical (unpaired) electrons. The molecule has 19 heavy (non-hydrogen) atoms. The highest BCUT2D eigenvalue weighted by Gasteiger charge is 2.14. The molecule has 0 saturated heterocycles. The maximum Gasteiger partial charge on any atom is 0.255 e. The molecule has 0 aliphatic carbocycles. The van der Waals surface area contributed by atoms with Crippen molar-refractivity contribution in [3.8, 4) is 0 Å². The Labute approximate surface area is 110 Å². The summed E-state index contributed by atoms with van der Waals surface area (Å²) in [7, 11) is 1.80. The molecule has 1 aromatic heterocycles. The maximum atomic E-state index is 13.1. The average Bonchev–Trinajstić information content (AvgIpc) is 2.59. The normalized spacial score (nSPS) is 10.5. The van der Waals surface area contributed by atoms with E-state index in [1.54, 1.807) is 11.7 Å². The summed E-state index contributed by atoms with van der Waals surface area (Å²) in [6.45, 7) is 3.66. The van der Waals surface area contributed by atoms with Crippen molar-refractivity contribution in [2.45, 2.75) is 13.8 Å². The quantitative estimate of drug-likeness (QED) is 0.813. The number of nitrogens with two attached hydrogens (primary N) is 1. The molecule has 1 amide bonds. The van der Waals surface area contributed by atoms with Gasteiger partial charge in [0.25, 0.3) is 5.91 Å². The Balaban J connectivity index is 2.28. The highest BCUT2D eigenvalue weighted by atomic mass is 19.1. The van der Waals surface area contributed by atoms with Gasteiger partial charge in [0, 0.05) is 12.6 Å². The van der Waals surface area contributed by atoms with Gasteiger partial charge in [0.2, 0.25) is 0 Å². The minimum Gasteiger partial charge on any atom is -0.396 e. The first-order valence-corrected chi connectivity index (χ1v) is 5.76. The molecule has 0 atom stereocenters. The van der Waals surface area contributed by atoms with Gasteiger partial charge in [0.1, 0.15) is 5.82 Å². The van der Waals surface area contributed by atoms with Crippen LogP contribution in [-0.4, -0.2) is 15.7 Å². The number of anilines is 2. The van der Waals surface area contributed by atoms with E-state index in [0.29, 0.717) is 11.3 Å². The van der Waals surface area contributed by atoms with Crippen molar-refractivity contribution in [3.63, 3.8) is 0 Å². The zero-order valence-electron chi connectivity index (χ0n) is 11.0. The Kier molecular flexibility index (Phi) is 3.25. The molecule has 0 bridgehead atoms. The lowest BCUT2D eigenvalue weighted by atomic mass is 10.1. The van der Waals surface area contributed by atoms with Crippen LogP contribution in [0.2, 0.25) is 0 Å². The summed E-state index contributed by atoms with van der Waals surface area (Å²) in [5, 5.41) is 6.97. The molecule has 0 aliphatic heterocycles. The Morgan fingerprint density at radius 2 is 2.11 bits per heavy atom. The van der Waals surface area contributed by atoms with Gasteiger partial charge in [-0.2, -0.15) is 5.10 Å². The lowest BCUT2D eigenvalue weighted by molar-refractivity contribution is 0.102. The molecular weight excluding hydrogens is 247 g/mol. The van der Waals surface area contributed by atoms with Crippen LogP contribution >= 0.6 is 0 Å². The van der Waals surface area contributed by atoms with Gasteiger partial charge in [0.15, 0.2) is 0 Å². The van der Waals surface area contributed by atoms with Crippen LogP contribution in [0.25, 0.3) is 0 Å². The van der Waals surface area contributed by atoms with E-state index >= 15 is 0 Å². The van der Waals surface area contributed by atoms with Crippen LogP contribution < -0.4 is 11.1 Å². The summed E-state index contributed by atoms with van der Waals surface area (Å²) in [6.07, 6.45) is 0. The third-order valence-electron chi connectivity index (χ3n) is 3.01. The molecular formula is C13H15FN4O. The van der Waals surface area contributed by atoms with Gasteiger partial charge in [-0.3, -0.25) is 9.48 Å². The molecule has 2 aromatic rings. The van der Waals surface area contributed by atoms with Crippen LogP contribution in [0.3, 0.4) is 0 Å². The summed E-state index contributed by atoms with van der Waals surface area (Å²) < 4.78 is 14.7. The number of halogens is 1. The Hall–Kier alpha value is -2.37. The molecule has 0 spiro atoms. The molecule has 100 valence electrons. The van der Waals surface area contributed by atoms with Gasteiger partial charge in [-0.1, -0.05) is 0 Å². The van der Waals surface area contributed by atoms with Crippen LogP contribution in [0.4, 0.5) is 15.8 Å². The highest BCUT2D eigenvalue weighted by Crippen LogP contribution is 2.20. The number of aryl methyl sites for hydroxylation is 2. The monoisotopic (exact) mass is 262 g/mol. The third kappa shape index (κ3) is 2.42. The lowest BCUT2D eigenvalue weighted by Gasteiger charge is -2.06. The van der Waals surface area contributed by atoms with E-state index in [1.165, 1.54) is 18.2 Å². The first kappa shape index (κ1) is 13.1. The number of nitrogens with one attached hydrogen (secondary N) is 1. The Morgan fingerprint density at radius 1 is 1.42 bits per heavy atom. The topological polar surface area (TPSA) is 72.9 Å². The zero-order valence-corrected chi connectivity index (χ0v) is 11.0. The van der Waals surface area contributed by atoms with E-state index in [-0.39, 0.29) is 11.6 Å². The minimum atomic E-state index is -0.537. The van der Waals surface area contributed by atoms with E-state index in [0.717, 1.165) is 11.4 Å². The SMILES string of the molecule is Cc1nn(C)c(C)c1NC(=O)c1ccc(F)c(N)c1. The fourth-order valence-corrected chi connectivity index (χ4v) is 1.83. The number of carbonyl (C=O) groups excluding carboxylic acids is 1. The predicted octanol–water partition coefficient (Wildman–Crippen LogP) is 2.01. The van der Waals surface area contributed by atoms with Crippen molar-refractivity contribution >= 4 is 17.3 Å².